The standard InChI is InChI=1S/C19H35NO5.Na/c1-2-3-4-5-6-7-8-9-10-11-12-13-14-17(21)20-16(19(24)25)15-18(22)23;/h16H,2-15H2,1H3,(H,20,21)(H,22,23)(H,24,25);/q;+1/p-1/t16-;/m0./s1. The third-order valence-corrected chi connectivity index (χ3v) is 4.26. The van der Waals surface area contributed by atoms with Crippen molar-refractivity contribution in [2.75, 3.05) is 0 Å². The van der Waals surface area contributed by atoms with E-state index in [1.54, 1.807) is 0 Å². The molecule has 0 bridgehead atoms. The van der Waals surface area contributed by atoms with Crippen LogP contribution in [0, 0.1) is 0 Å². The Balaban J connectivity index is 0. The molecule has 0 saturated heterocycles. The molecular weight excluding hydrogens is 345 g/mol. The zero-order valence-corrected chi connectivity index (χ0v) is 18.6. The molecule has 0 aromatic heterocycles. The number of carbonyl (C=O) groups excluding carboxylic acids is 2. The van der Waals surface area contributed by atoms with Crippen LogP contribution in [0.15, 0.2) is 0 Å². The van der Waals surface area contributed by atoms with Gasteiger partial charge in [-0.15, -0.1) is 0 Å². The maximum Gasteiger partial charge on any atom is 1.00 e. The molecule has 0 spiro atoms. The van der Waals surface area contributed by atoms with Crippen LogP contribution in [0.1, 0.15) is 96.8 Å². The summed E-state index contributed by atoms with van der Waals surface area (Å²) in [6, 6.07) is -1.41. The fraction of sp³-hybridized carbons (Fsp3) is 0.842. The molecule has 0 aliphatic carbocycles. The molecule has 26 heavy (non-hydrogen) atoms. The number of hydrogen-bond acceptors (Lipinski definition) is 4. The van der Waals surface area contributed by atoms with Crippen LogP contribution < -0.4 is 40.0 Å². The Morgan fingerprint density at radius 2 is 1.27 bits per heavy atom. The topological polar surface area (TPSA) is 107 Å². The van der Waals surface area contributed by atoms with Gasteiger partial charge >= 0.3 is 35.5 Å². The van der Waals surface area contributed by atoms with Crippen molar-refractivity contribution in [3.63, 3.8) is 0 Å². The number of aliphatic carboxylic acids is 2. The summed E-state index contributed by atoms with van der Waals surface area (Å²) in [5.41, 5.74) is 0. The van der Waals surface area contributed by atoms with Crippen molar-refractivity contribution in [1.82, 2.24) is 5.32 Å². The van der Waals surface area contributed by atoms with Gasteiger partial charge in [0.05, 0.1) is 0 Å². The molecule has 1 atom stereocenters. The summed E-state index contributed by atoms with van der Waals surface area (Å²) in [4.78, 5) is 32.9. The molecule has 0 unspecified atom stereocenters. The van der Waals surface area contributed by atoms with Crippen LogP contribution in [0.25, 0.3) is 0 Å². The molecule has 146 valence electrons. The van der Waals surface area contributed by atoms with Crippen molar-refractivity contribution in [3.05, 3.63) is 0 Å². The summed E-state index contributed by atoms with van der Waals surface area (Å²) >= 11 is 0. The van der Waals surface area contributed by atoms with Crippen LogP contribution in [-0.2, 0) is 14.4 Å². The van der Waals surface area contributed by atoms with E-state index in [1.807, 2.05) is 0 Å². The van der Waals surface area contributed by atoms with Crippen molar-refractivity contribution in [1.29, 1.82) is 0 Å². The number of carboxylic acid groups (broad SMARTS) is 2. The molecule has 7 heteroatoms. The van der Waals surface area contributed by atoms with E-state index in [9.17, 15) is 19.5 Å². The summed E-state index contributed by atoms with van der Waals surface area (Å²) in [6.45, 7) is 2.22. The number of carboxylic acids is 2. The molecular formula is C19H34NNaO5. The molecule has 0 aromatic rings. The average Bonchev–Trinajstić information content (AvgIpc) is 2.54. The Morgan fingerprint density at radius 3 is 1.65 bits per heavy atom. The molecule has 2 N–H and O–H groups in total. The van der Waals surface area contributed by atoms with Crippen LogP contribution in [0.4, 0.5) is 0 Å². The van der Waals surface area contributed by atoms with Gasteiger partial charge in [0.1, 0.15) is 6.04 Å². The minimum absolute atomic E-state index is 0. The first-order chi connectivity index (χ1) is 12.0. The van der Waals surface area contributed by atoms with Gasteiger partial charge in [-0.3, -0.25) is 4.79 Å². The second-order valence-electron chi connectivity index (χ2n) is 6.67. The number of rotatable bonds is 17. The fourth-order valence-electron chi connectivity index (χ4n) is 2.76. The third-order valence-electron chi connectivity index (χ3n) is 4.26. The zero-order chi connectivity index (χ0) is 18.9. The van der Waals surface area contributed by atoms with Gasteiger partial charge in [-0.1, -0.05) is 77.6 Å². The Kier molecular flexibility index (Phi) is 20.4. The number of carbonyl (C=O) groups is 3. The molecule has 0 heterocycles. The first kappa shape index (κ1) is 27.6. The van der Waals surface area contributed by atoms with E-state index in [0.29, 0.717) is 6.42 Å². The predicted molar refractivity (Wildman–Crippen MR) is 94.9 cm³/mol. The van der Waals surface area contributed by atoms with E-state index < -0.39 is 30.3 Å². The fourth-order valence-corrected chi connectivity index (χ4v) is 2.76. The van der Waals surface area contributed by atoms with Gasteiger partial charge in [0.15, 0.2) is 0 Å². The molecule has 0 fully saturated rings. The second-order valence-corrected chi connectivity index (χ2v) is 6.67. The third kappa shape index (κ3) is 18.2. The summed E-state index contributed by atoms with van der Waals surface area (Å²) in [6.07, 6.45) is 13.9. The average molecular weight is 379 g/mol. The first-order valence-corrected chi connectivity index (χ1v) is 9.69. The van der Waals surface area contributed by atoms with Gasteiger partial charge in [0.2, 0.25) is 5.91 Å². The molecule has 0 aromatic carbocycles. The number of hydrogen-bond donors (Lipinski definition) is 2. The van der Waals surface area contributed by atoms with Crippen molar-refractivity contribution in [2.45, 2.75) is 103 Å². The number of nitrogens with one attached hydrogen (secondary N) is 1. The van der Waals surface area contributed by atoms with Gasteiger partial charge in [0, 0.05) is 18.8 Å². The summed E-state index contributed by atoms with van der Waals surface area (Å²) < 4.78 is 0. The predicted octanol–water partition coefficient (Wildman–Crippen LogP) is -0.209. The van der Waals surface area contributed by atoms with E-state index in [2.05, 4.69) is 12.2 Å². The maximum absolute atomic E-state index is 11.6. The van der Waals surface area contributed by atoms with Gasteiger partial charge in [-0.25, -0.2) is 4.79 Å². The van der Waals surface area contributed by atoms with Crippen LogP contribution in [0.3, 0.4) is 0 Å². The molecule has 1 amide bonds. The van der Waals surface area contributed by atoms with E-state index in [1.165, 1.54) is 57.8 Å². The van der Waals surface area contributed by atoms with E-state index in [4.69, 9.17) is 5.11 Å². The van der Waals surface area contributed by atoms with Gasteiger partial charge in [-0.05, 0) is 6.42 Å². The summed E-state index contributed by atoms with van der Waals surface area (Å²) in [5.74, 6) is -3.26. The molecule has 0 aliphatic heterocycles. The monoisotopic (exact) mass is 379 g/mol. The van der Waals surface area contributed by atoms with Crippen LogP contribution in [-0.4, -0.2) is 29.0 Å². The van der Waals surface area contributed by atoms with Crippen molar-refractivity contribution in [3.8, 4) is 0 Å². The van der Waals surface area contributed by atoms with Gasteiger partial charge in [-0.2, -0.15) is 0 Å². The maximum atomic E-state index is 11.6. The Morgan fingerprint density at radius 1 is 0.846 bits per heavy atom. The quantitative estimate of drug-likeness (QED) is 0.269. The minimum Gasteiger partial charge on any atom is -0.550 e. The molecule has 0 rings (SSSR count). The second kappa shape index (κ2) is 19.2. The van der Waals surface area contributed by atoms with Crippen LogP contribution >= 0.6 is 0 Å². The Hall–Kier alpha value is -0.590. The molecule has 0 radical (unpaired) electrons. The zero-order valence-electron chi connectivity index (χ0n) is 16.6. The Labute approximate surface area is 179 Å². The van der Waals surface area contributed by atoms with E-state index in [-0.39, 0.29) is 36.0 Å². The van der Waals surface area contributed by atoms with Gasteiger partial charge in [0.25, 0.3) is 0 Å². The summed E-state index contributed by atoms with van der Waals surface area (Å²) in [5, 5.41) is 21.5. The molecule has 6 nitrogen and oxygen atoms in total. The minimum atomic E-state index is -1.49. The van der Waals surface area contributed by atoms with Crippen molar-refractivity contribution >= 4 is 17.8 Å². The smallest absolute Gasteiger partial charge is 0.550 e. The number of unbranched alkanes of at least 4 members (excludes halogenated alkanes) is 11. The molecule has 0 aliphatic rings. The van der Waals surface area contributed by atoms with Crippen LogP contribution in [0.5, 0.6) is 0 Å². The summed E-state index contributed by atoms with van der Waals surface area (Å²) in [7, 11) is 0. The Bertz CT molecular complexity index is 390. The van der Waals surface area contributed by atoms with Gasteiger partial charge < -0.3 is 20.3 Å². The van der Waals surface area contributed by atoms with Crippen molar-refractivity contribution in [2.24, 2.45) is 0 Å². The number of amides is 1. The van der Waals surface area contributed by atoms with E-state index in [0.717, 1.165) is 12.8 Å². The first-order valence-electron chi connectivity index (χ1n) is 9.69. The SMILES string of the molecule is CCCCCCCCCCCCCCC(=O)N[C@@H](CC(=O)[O-])C(=O)O.[Na+]. The molecule has 0 saturated carbocycles. The van der Waals surface area contributed by atoms with Crippen LogP contribution in [0.2, 0.25) is 0 Å². The largest absolute Gasteiger partial charge is 1.00 e. The van der Waals surface area contributed by atoms with Crippen molar-refractivity contribution < 1.29 is 54.2 Å². The van der Waals surface area contributed by atoms with E-state index >= 15 is 0 Å². The normalized spacial score (nSPS) is 11.4.